The number of halogens is 1. The van der Waals surface area contributed by atoms with Gasteiger partial charge in [-0.3, -0.25) is 4.79 Å². The van der Waals surface area contributed by atoms with Gasteiger partial charge in [-0.2, -0.15) is 0 Å². The Bertz CT molecular complexity index is 421. The minimum Gasteiger partial charge on any atom is -0.468 e. The van der Waals surface area contributed by atoms with E-state index in [-0.39, 0.29) is 16.6 Å². The molecule has 0 bridgehead atoms. The molecule has 1 aromatic rings. The summed E-state index contributed by atoms with van der Waals surface area (Å²) >= 11 is 7.59. The maximum Gasteiger partial charge on any atom is 0.320 e. The lowest BCUT2D eigenvalue weighted by Crippen LogP contribution is -2.38. The molecular weight excluding hydrogens is 244 g/mol. The van der Waals surface area contributed by atoms with Crippen LogP contribution in [-0.2, 0) is 14.9 Å². The molecule has 0 saturated carbocycles. The quantitative estimate of drug-likeness (QED) is 0.601. The van der Waals surface area contributed by atoms with Gasteiger partial charge in [0.05, 0.1) is 7.11 Å². The Balaban J connectivity index is 2.46. The van der Waals surface area contributed by atoms with Crippen molar-refractivity contribution >= 4 is 29.3 Å². The summed E-state index contributed by atoms with van der Waals surface area (Å²) in [4.78, 5) is 12.9. The Morgan fingerprint density at radius 3 is 2.88 bits per heavy atom. The van der Waals surface area contributed by atoms with Gasteiger partial charge in [-0.05, 0) is 11.6 Å². The molecule has 1 aliphatic heterocycles. The summed E-state index contributed by atoms with van der Waals surface area (Å²) in [6.45, 7) is 2.01. The van der Waals surface area contributed by atoms with Gasteiger partial charge in [-0.15, -0.1) is 23.4 Å². The first-order valence-corrected chi connectivity index (χ1v) is 6.45. The monoisotopic (exact) mass is 256 g/mol. The number of hydrogen-bond acceptors (Lipinski definition) is 3. The minimum absolute atomic E-state index is 0.204. The number of hydrogen-bond donors (Lipinski definition) is 0. The lowest BCUT2D eigenvalue weighted by molar-refractivity contribution is -0.141. The number of fused-ring (bicyclic) bond motifs is 1. The molecule has 0 amide bonds. The number of ether oxygens (including phenoxy) is 1. The van der Waals surface area contributed by atoms with Gasteiger partial charge in [-0.25, -0.2) is 0 Å². The molecule has 0 N–H and O–H groups in total. The van der Waals surface area contributed by atoms with E-state index in [1.165, 1.54) is 7.11 Å². The van der Waals surface area contributed by atoms with Gasteiger partial charge in [0.15, 0.2) is 0 Å². The zero-order chi connectivity index (χ0) is 11.8. The molecular formula is C12H13ClO2S. The number of thioether (sulfide) groups is 1. The van der Waals surface area contributed by atoms with Gasteiger partial charge in [0.2, 0.25) is 0 Å². The van der Waals surface area contributed by atoms with E-state index >= 15 is 0 Å². The number of esters is 1. The fourth-order valence-corrected chi connectivity index (χ4v) is 3.89. The Morgan fingerprint density at radius 1 is 1.56 bits per heavy atom. The molecule has 86 valence electrons. The molecule has 1 aromatic carbocycles. The predicted octanol–water partition coefficient (Wildman–Crippen LogP) is 2.83. The van der Waals surface area contributed by atoms with Crippen LogP contribution in [0.3, 0.4) is 0 Å². The van der Waals surface area contributed by atoms with Crippen molar-refractivity contribution in [3.63, 3.8) is 0 Å². The summed E-state index contributed by atoms with van der Waals surface area (Å²) in [6.07, 6.45) is 0. The van der Waals surface area contributed by atoms with Crippen molar-refractivity contribution in [1.82, 2.24) is 0 Å². The van der Waals surface area contributed by atoms with Crippen LogP contribution in [0.15, 0.2) is 29.2 Å². The van der Waals surface area contributed by atoms with E-state index in [1.54, 1.807) is 11.8 Å². The normalized spacial score (nSPS) is 27.6. The average molecular weight is 257 g/mol. The van der Waals surface area contributed by atoms with Crippen LogP contribution in [0.4, 0.5) is 0 Å². The van der Waals surface area contributed by atoms with Crippen LogP contribution in [0.2, 0.25) is 0 Å². The first-order valence-electron chi connectivity index (χ1n) is 5.03. The number of rotatable bonds is 2. The molecule has 0 spiro atoms. The van der Waals surface area contributed by atoms with E-state index in [4.69, 9.17) is 16.3 Å². The van der Waals surface area contributed by atoms with Crippen LogP contribution in [-0.4, -0.2) is 24.2 Å². The van der Waals surface area contributed by atoms with Crippen molar-refractivity contribution in [3.05, 3.63) is 29.8 Å². The maximum absolute atomic E-state index is 11.8. The van der Waals surface area contributed by atoms with Crippen LogP contribution in [0.1, 0.15) is 12.5 Å². The lowest BCUT2D eigenvalue weighted by atomic mass is 9.81. The highest BCUT2D eigenvalue weighted by Gasteiger charge is 2.47. The van der Waals surface area contributed by atoms with Gasteiger partial charge in [-0.1, -0.05) is 25.1 Å². The molecule has 0 fully saturated rings. The molecule has 2 unspecified atom stereocenters. The van der Waals surface area contributed by atoms with E-state index in [0.717, 1.165) is 10.5 Å². The molecule has 16 heavy (non-hydrogen) atoms. The molecule has 4 heteroatoms. The van der Waals surface area contributed by atoms with Gasteiger partial charge in [0, 0.05) is 16.2 Å². The molecule has 2 rings (SSSR count). The highest BCUT2D eigenvalue weighted by atomic mass is 35.5. The highest BCUT2D eigenvalue weighted by Crippen LogP contribution is 2.50. The minimum atomic E-state index is -0.337. The lowest BCUT2D eigenvalue weighted by Gasteiger charge is -2.27. The van der Waals surface area contributed by atoms with Gasteiger partial charge in [0.25, 0.3) is 0 Å². The summed E-state index contributed by atoms with van der Waals surface area (Å²) in [5, 5.41) is -0.243. The van der Waals surface area contributed by atoms with Crippen LogP contribution >= 0.6 is 23.4 Å². The molecule has 0 aliphatic carbocycles. The van der Waals surface area contributed by atoms with Crippen molar-refractivity contribution in [2.75, 3.05) is 13.0 Å². The van der Waals surface area contributed by atoms with Crippen LogP contribution in [0.25, 0.3) is 0 Å². The van der Waals surface area contributed by atoms with Crippen LogP contribution in [0.5, 0.6) is 0 Å². The number of alkyl halides is 1. The van der Waals surface area contributed by atoms with E-state index in [9.17, 15) is 4.79 Å². The summed E-state index contributed by atoms with van der Waals surface area (Å²) in [5.74, 6) is 0.209. The number of carbonyl (C=O) groups is 1. The molecule has 0 aromatic heterocycles. The van der Waals surface area contributed by atoms with Crippen molar-refractivity contribution in [2.45, 2.75) is 22.5 Å². The average Bonchev–Trinajstić information content (AvgIpc) is 2.63. The zero-order valence-corrected chi connectivity index (χ0v) is 10.8. The summed E-state index contributed by atoms with van der Waals surface area (Å²) < 4.78 is 4.84. The van der Waals surface area contributed by atoms with Crippen LogP contribution < -0.4 is 0 Å². The molecule has 2 nitrogen and oxygen atoms in total. The first-order chi connectivity index (χ1) is 7.63. The van der Waals surface area contributed by atoms with Gasteiger partial charge in [0.1, 0.15) is 5.25 Å². The molecule has 2 atom stereocenters. The number of carbonyl (C=O) groups excluding carboxylic acids is 1. The predicted molar refractivity (Wildman–Crippen MR) is 66.2 cm³/mol. The second-order valence-corrected chi connectivity index (χ2v) is 5.48. The largest absolute Gasteiger partial charge is 0.468 e. The third kappa shape index (κ3) is 1.62. The van der Waals surface area contributed by atoms with Gasteiger partial charge >= 0.3 is 5.97 Å². The maximum atomic E-state index is 11.8. The Labute approximate surface area is 104 Å². The smallest absolute Gasteiger partial charge is 0.320 e. The Hall–Kier alpha value is -0.670. The number of methoxy groups -OCH3 is 1. The molecule has 1 aliphatic rings. The SMILES string of the molecule is COC(=O)C1Sc2ccccc2C1(C)CCl. The standard InChI is InChI=1S/C12H13ClO2S/c1-12(7-13)8-5-3-4-6-9(8)16-10(12)11(14)15-2/h3-6,10H,7H2,1-2H3. The van der Waals surface area contributed by atoms with Crippen molar-refractivity contribution < 1.29 is 9.53 Å². The zero-order valence-electron chi connectivity index (χ0n) is 9.20. The van der Waals surface area contributed by atoms with E-state index in [0.29, 0.717) is 5.88 Å². The fourth-order valence-electron chi connectivity index (χ4n) is 2.00. The second-order valence-electron chi connectivity index (χ2n) is 4.07. The summed E-state index contributed by atoms with van der Waals surface area (Å²) in [7, 11) is 1.42. The van der Waals surface area contributed by atoms with Crippen molar-refractivity contribution in [2.24, 2.45) is 0 Å². The third-order valence-corrected chi connectivity index (χ3v) is 5.13. The topological polar surface area (TPSA) is 26.3 Å². The third-order valence-electron chi connectivity index (χ3n) is 3.02. The van der Waals surface area contributed by atoms with E-state index in [2.05, 4.69) is 0 Å². The first kappa shape index (κ1) is 11.8. The van der Waals surface area contributed by atoms with Crippen molar-refractivity contribution in [1.29, 1.82) is 0 Å². The summed E-state index contributed by atoms with van der Waals surface area (Å²) in [6, 6.07) is 8.01. The van der Waals surface area contributed by atoms with Crippen molar-refractivity contribution in [3.8, 4) is 0 Å². The van der Waals surface area contributed by atoms with Gasteiger partial charge < -0.3 is 4.74 Å². The highest BCUT2D eigenvalue weighted by molar-refractivity contribution is 8.01. The van der Waals surface area contributed by atoms with E-state index in [1.807, 2.05) is 31.2 Å². The Kier molecular flexibility index (Phi) is 3.17. The molecule has 0 saturated heterocycles. The van der Waals surface area contributed by atoms with E-state index < -0.39 is 0 Å². The molecule has 1 heterocycles. The summed E-state index contributed by atoms with van der Waals surface area (Å²) in [5.41, 5.74) is 0.806. The fraction of sp³-hybridized carbons (Fsp3) is 0.417. The second kappa shape index (κ2) is 4.30. The number of benzene rings is 1. The molecule has 0 radical (unpaired) electrons. The Morgan fingerprint density at radius 2 is 2.25 bits per heavy atom. The van der Waals surface area contributed by atoms with Crippen LogP contribution in [0, 0.1) is 0 Å².